The van der Waals surface area contributed by atoms with Gasteiger partial charge >= 0.3 is 5.97 Å². The van der Waals surface area contributed by atoms with Crippen LogP contribution in [0.2, 0.25) is 0 Å². The summed E-state index contributed by atoms with van der Waals surface area (Å²) in [6, 6.07) is 3.02. The molecule has 0 aliphatic carbocycles. The lowest BCUT2D eigenvalue weighted by atomic mass is 10.2. The number of aryl methyl sites for hydroxylation is 1. The van der Waals surface area contributed by atoms with E-state index < -0.39 is 5.97 Å². The highest BCUT2D eigenvalue weighted by molar-refractivity contribution is 5.85. The van der Waals surface area contributed by atoms with Gasteiger partial charge in [0.25, 0.3) is 0 Å². The summed E-state index contributed by atoms with van der Waals surface area (Å²) >= 11 is 0. The third-order valence-electron chi connectivity index (χ3n) is 2.57. The average Bonchev–Trinajstić information content (AvgIpc) is 2.96. The van der Waals surface area contributed by atoms with Gasteiger partial charge < -0.3 is 10.4 Å². The fourth-order valence-corrected chi connectivity index (χ4v) is 1.51. The molecule has 8 nitrogen and oxygen atoms in total. The molecule has 0 fully saturated rings. The number of aromatic carboxylic acids is 1. The molecule has 8 heteroatoms. The number of carboxylic acids is 1. The van der Waals surface area contributed by atoms with E-state index in [-0.39, 0.29) is 11.6 Å². The van der Waals surface area contributed by atoms with Gasteiger partial charge in [0, 0.05) is 19.2 Å². The number of pyridine rings is 1. The largest absolute Gasteiger partial charge is 0.477 e. The number of aromatic nitrogens is 4. The van der Waals surface area contributed by atoms with Crippen LogP contribution < -0.4 is 5.32 Å². The zero-order valence-electron chi connectivity index (χ0n) is 10.6. The summed E-state index contributed by atoms with van der Waals surface area (Å²) in [6.07, 6.45) is 4.68. The molecular formula is C12H13N5O3. The SMILES string of the molecule is O=C(CCn1cncn1)NCc1ccc(C(=O)O)nc1. The topological polar surface area (TPSA) is 110 Å². The number of nitrogens with one attached hydrogen (secondary N) is 1. The van der Waals surface area contributed by atoms with Gasteiger partial charge in [-0.2, -0.15) is 5.10 Å². The van der Waals surface area contributed by atoms with Crippen molar-refractivity contribution in [3.8, 4) is 0 Å². The van der Waals surface area contributed by atoms with E-state index in [1.165, 1.54) is 18.6 Å². The molecular weight excluding hydrogens is 262 g/mol. The standard InChI is InChI=1S/C12H13N5O3/c18-11(3-4-17-8-13-7-16-17)15-6-9-1-2-10(12(19)20)14-5-9/h1-2,5,7-8H,3-4,6H2,(H,15,18)(H,19,20). The van der Waals surface area contributed by atoms with Crippen molar-refractivity contribution < 1.29 is 14.7 Å². The maximum Gasteiger partial charge on any atom is 0.354 e. The summed E-state index contributed by atoms with van der Waals surface area (Å²) in [5.41, 5.74) is 0.718. The number of carboxylic acid groups (broad SMARTS) is 1. The molecule has 2 heterocycles. The molecule has 2 rings (SSSR count). The van der Waals surface area contributed by atoms with Crippen LogP contribution in [0.5, 0.6) is 0 Å². The number of carbonyl (C=O) groups is 2. The van der Waals surface area contributed by atoms with E-state index in [1.807, 2.05) is 0 Å². The molecule has 20 heavy (non-hydrogen) atoms. The summed E-state index contributed by atoms with van der Waals surface area (Å²) in [5, 5.41) is 15.3. The minimum Gasteiger partial charge on any atom is -0.477 e. The first-order valence-electron chi connectivity index (χ1n) is 5.92. The number of nitrogens with zero attached hydrogens (tertiary/aromatic N) is 4. The van der Waals surface area contributed by atoms with Crippen LogP contribution >= 0.6 is 0 Å². The Kier molecular flexibility index (Phi) is 4.38. The predicted octanol–water partition coefficient (Wildman–Crippen LogP) is 0.0778. The zero-order valence-corrected chi connectivity index (χ0v) is 10.6. The molecule has 0 bridgehead atoms. The van der Waals surface area contributed by atoms with E-state index in [9.17, 15) is 9.59 Å². The molecule has 104 valence electrons. The number of rotatable bonds is 6. The molecule has 0 unspecified atom stereocenters. The molecule has 0 spiro atoms. The molecule has 1 amide bonds. The average molecular weight is 275 g/mol. The van der Waals surface area contributed by atoms with Crippen molar-refractivity contribution in [2.24, 2.45) is 0 Å². The van der Waals surface area contributed by atoms with Gasteiger partial charge in [0.1, 0.15) is 18.3 Å². The molecule has 2 aromatic heterocycles. The highest BCUT2D eigenvalue weighted by Crippen LogP contribution is 2.00. The molecule has 2 aromatic rings. The molecule has 0 atom stereocenters. The molecule has 0 radical (unpaired) electrons. The van der Waals surface area contributed by atoms with Crippen LogP contribution in [0.25, 0.3) is 0 Å². The summed E-state index contributed by atoms with van der Waals surface area (Å²) in [4.78, 5) is 29.8. The quantitative estimate of drug-likeness (QED) is 0.772. The summed E-state index contributed by atoms with van der Waals surface area (Å²) in [7, 11) is 0. The highest BCUT2D eigenvalue weighted by Gasteiger charge is 2.05. The number of carbonyl (C=O) groups excluding carboxylic acids is 1. The molecule has 0 aliphatic rings. The van der Waals surface area contributed by atoms with Crippen molar-refractivity contribution in [3.05, 3.63) is 42.2 Å². The Morgan fingerprint density at radius 3 is 2.80 bits per heavy atom. The summed E-state index contributed by atoms with van der Waals surface area (Å²) < 4.78 is 1.57. The van der Waals surface area contributed by atoms with Gasteiger partial charge in [-0.05, 0) is 11.6 Å². The summed E-state index contributed by atoms with van der Waals surface area (Å²) in [6.45, 7) is 0.769. The Morgan fingerprint density at radius 2 is 2.20 bits per heavy atom. The van der Waals surface area contributed by atoms with Gasteiger partial charge in [-0.25, -0.2) is 14.8 Å². The first-order valence-corrected chi connectivity index (χ1v) is 5.92. The second kappa shape index (κ2) is 6.41. The number of amides is 1. The van der Waals surface area contributed by atoms with Crippen LogP contribution in [0, 0.1) is 0 Å². The zero-order chi connectivity index (χ0) is 14.4. The van der Waals surface area contributed by atoms with Gasteiger partial charge in [0.15, 0.2) is 0 Å². The van der Waals surface area contributed by atoms with Gasteiger partial charge in [0.2, 0.25) is 5.91 Å². The maximum absolute atomic E-state index is 11.6. The Morgan fingerprint density at radius 1 is 1.35 bits per heavy atom. The fourth-order valence-electron chi connectivity index (χ4n) is 1.51. The highest BCUT2D eigenvalue weighted by atomic mass is 16.4. The molecule has 0 aromatic carbocycles. The van der Waals surface area contributed by atoms with Crippen molar-refractivity contribution >= 4 is 11.9 Å². The van der Waals surface area contributed by atoms with Crippen LogP contribution in [-0.2, 0) is 17.9 Å². The van der Waals surface area contributed by atoms with Crippen molar-refractivity contribution in [3.63, 3.8) is 0 Å². The van der Waals surface area contributed by atoms with E-state index in [0.29, 0.717) is 19.5 Å². The number of hydrogen-bond acceptors (Lipinski definition) is 5. The third kappa shape index (κ3) is 3.87. The maximum atomic E-state index is 11.6. The first-order chi connectivity index (χ1) is 9.65. The lowest BCUT2D eigenvalue weighted by Gasteiger charge is -2.05. The van der Waals surface area contributed by atoms with Crippen molar-refractivity contribution in [2.45, 2.75) is 19.5 Å². The molecule has 0 aliphatic heterocycles. The van der Waals surface area contributed by atoms with E-state index in [1.54, 1.807) is 17.1 Å². The molecule has 0 saturated carbocycles. The van der Waals surface area contributed by atoms with Crippen molar-refractivity contribution in [2.75, 3.05) is 0 Å². The molecule has 0 saturated heterocycles. The smallest absolute Gasteiger partial charge is 0.354 e. The second-order valence-corrected chi connectivity index (χ2v) is 4.04. The Balaban J connectivity index is 1.76. The third-order valence-corrected chi connectivity index (χ3v) is 2.57. The Hall–Kier alpha value is -2.77. The van der Waals surface area contributed by atoms with Gasteiger partial charge in [-0.3, -0.25) is 9.48 Å². The van der Waals surface area contributed by atoms with E-state index in [4.69, 9.17) is 5.11 Å². The van der Waals surface area contributed by atoms with Gasteiger partial charge in [-0.15, -0.1) is 0 Å². The van der Waals surface area contributed by atoms with Crippen LogP contribution in [0.1, 0.15) is 22.5 Å². The minimum atomic E-state index is -1.08. The van der Waals surface area contributed by atoms with Crippen LogP contribution in [0.4, 0.5) is 0 Å². The Labute approximate surface area is 114 Å². The Bertz CT molecular complexity index is 580. The summed E-state index contributed by atoms with van der Waals surface area (Å²) in [5.74, 6) is -1.20. The monoisotopic (exact) mass is 275 g/mol. The molecule has 2 N–H and O–H groups in total. The van der Waals surface area contributed by atoms with Crippen LogP contribution in [-0.4, -0.2) is 36.7 Å². The van der Waals surface area contributed by atoms with Gasteiger partial charge in [-0.1, -0.05) is 6.07 Å². The van der Waals surface area contributed by atoms with Crippen LogP contribution in [0.15, 0.2) is 31.0 Å². The van der Waals surface area contributed by atoms with E-state index in [0.717, 1.165) is 5.56 Å². The van der Waals surface area contributed by atoms with Crippen molar-refractivity contribution in [1.29, 1.82) is 0 Å². The van der Waals surface area contributed by atoms with E-state index >= 15 is 0 Å². The number of hydrogen-bond donors (Lipinski definition) is 2. The minimum absolute atomic E-state index is 0.0220. The normalized spacial score (nSPS) is 10.2. The van der Waals surface area contributed by atoms with Gasteiger partial charge in [0.05, 0.1) is 6.54 Å². The second-order valence-electron chi connectivity index (χ2n) is 4.04. The first kappa shape index (κ1) is 13.7. The van der Waals surface area contributed by atoms with E-state index in [2.05, 4.69) is 20.4 Å². The fraction of sp³-hybridized carbons (Fsp3) is 0.250. The van der Waals surface area contributed by atoms with Crippen LogP contribution in [0.3, 0.4) is 0 Å². The van der Waals surface area contributed by atoms with Crippen molar-refractivity contribution in [1.82, 2.24) is 25.1 Å². The lowest BCUT2D eigenvalue weighted by Crippen LogP contribution is -2.24. The lowest BCUT2D eigenvalue weighted by molar-refractivity contribution is -0.121. The predicted molar refractivity (Wildman–Crippen MR) is 67.7 cm³/mol.